The molecule has 7 heteroatoms. The Labute approximate surface area is 120 Å². The molecule has 0 saturated heterocycles. The molecule has 2 aromatic rings. The number of nitrogens with two attached hydrogens (primary N) is 1. The van der Waals surface area contributed by atoms with Crippen molar-refractivity contribution in [3.8, 4) is 0 Å². The highest BCUT2D eigenvalue weighted by atomic mass is 35.5. The summed E-state index contributed by atoms with van der Waals surface area (Å²) >= 11 is 7.33. The van der Waals surface area contributed by atoms with Gasteiger partial charge in [0.05, 0.1) is 17.7 Å². The molecule has 0 saturated carbocycles. The van der Waals surface area contributed by atoms with Crippen LogP contribution in [0.15, 0.2) is 17.6 Å². The fourth-order valence-corrected chi connectivity index (χ4v) is 2.67. The first-order valence-corrected chi connectivity index (χ1v) is 6.80. The number of nitrogen functional groups attached to an aromatic ring is 1. The molecule has 100 valence electrons. The SMILES string of the molecule is Cc1ncsc1CN(C)C(=O)c1cc(N)nc(Cl)c1. The van der Waals surface area contributed by atoms with Crippen molar-refractivity contribution < 1.29 is 4.79 Å². The zero-order valence-corrected chi connectivity index (χ0v) is 12.1. The average molecular weight is 297 g/mol. The number of rotatable bonds is 3. The molecule has 19 heavy (non-hydrogen) atoms. The maximum atomic E-state index is 12.3. The normalized spacial score (nSPS) is 10.5. The van der Waals surface area contributed by atoms with Crippen LogP contribution >= 0.6 is 22.9 Å². The van der Waals surface area contributed by atoms with Crippen molar-refractivity contribution in [1.29, 1.82) is 0 Å². The van der Waals surface area contributed by atoms with Crippen LogP contribution in [0.2, 0.25) is 5.15 Å². The summed E-state index contributed by atoms with van der Waals surface area (Å²) < 4.78 is 0. The van der Waals surface area contributed by atoms with Crippen molar-refractivity contribution in [3.63, 3.8) is 0 Å². The molecule has 2 rings (SSSR count). The Morgan fingerprint density at radius 3 is 2.84 bits per heavy atom. The molecule has 0 spiro atoms. The lowest BCUT2D eigenvalue weighted by Crippen LogP contribution is -2.26. The molecule has 0 bridgehead atoms. The van der Waals surface area contributed by atoms with Gasteiger partial charge in [0.2, 0.25) is 0 Å². The van der Waals surface area contributed by atoms with E-state index in [1.165, 1.54) is 23.5 Å². The Morgan fingerprint density at radius 2 is 2.26 bits per heavy atom. The molecule has 0 aliphatic rings. The summed E-state index contributed by atoms with van der Waals surface area (Å²) in [7, 11) is 1.73. The molecule has 0 fully saturated rings. The predicted octanol–water partition coefficient (Wildman–Crippen LogP) is 2.35. The summed E-state index contributed by atoms with van der Waals surface area (Å²) in [6.07, 6.45) is 0. The number of carbonyl (C=O) groups is 1. The summed E-state index contributed by atoms with van der Waals surface area (Å²) in [4.78, 5) is 22.9. The van der Waals surface area contributed by atoms with E-state index >= 15 is 0 Å². The first-order chi connectivity index (χ1) is 8.97. The molecule has 0 unspecified atom stereocenters. The second-order valence-electron chi connectivity index (χ2n) is 4.13. The van der Waals surface area contributed by atoms with Crippen LogP contribution in [0.25, 0.3) is 0 Å². The second kappa shape index (κ2) is 5.54. The molecule has 0 atom stereocenters. The van der Waals surface area contributed by atoms with E-state index in [1.807, 2.05) is 6.92 Å². The summed E-state index contributed by atoms with van der Waals surface area (Å²) in [6, 6.07) is 3.03. The third-order valence-corrected chi connectivity index (χ3v) is 3.75. The third-order valence-electron chi connectivity index (χ3n) is 2.63. The predicted molar refractivity (Wildman–Crippen MR) is 76.3 cm³/mol. The van der Waals surface area contributed by atoms with Gasteiger partial charge in [-0.1, -0.05) is 11.6 Å². The first-order valence-electron chi connectivity index (χ1n) is 5.55. The number of aryl methyl sites for hydroxylation is 1. The highest BCUT2D eigenvalue weighted by molar-refractivity contribution is 7.09. The Balaban J connectivity index is 2.17. The van der Waals surface area contributed by atoms with Gasteiger partial charge in [0.15, 0.2) is 0 Å². The van der Waals surface area contributed by atoms with Crippen LogP contribution in [-0.2, 0) is 6.54 Å². The largest absolute Gasteiger partial charge is 0.384 e. The van der Waals surface area contributed by atoms with Gasteiger partial charge in [-0.25, -0.2) is 9.97 Å². The number of aromatic nitrogens is 2. The van der Waals surface area contributed by atoms with Gasteiger partial charge in [-0.2, -0.15) is 0 Å². The van der Waals surface area contributed by atoms with Gasteiger partial charge < -0.3 is 10.6 Å². The van der Waals surface area contributed by atoms with Crippen molar-refractivity contribution >= 4 is 34.7 Å². The summed E-state index contributed by atoms with van der Waals surface area (Å²) in [5, 5.41) is 0.214. The van der Waals surface area contributed by atoms with Crippen molar-refractivity contribution in [2.75, 3.05) is 12.8 Å². The second-order valence-corrected chi connectivity index (χ2v) is 5.45. The maximum absolute atomic E-state index is 12.3. The van der Waals surface area contributed by atoms with E-state index in [9.17, 15) is 4.79 Å². The molecule has 5 nitrogen and oxygen atoms in total. The number of thiazole rings is 1. The van der Waals surface area contributed by atoms with E-state index < -0.39 is 0 Å². The number of nitrogens with zero attached hydrogens (tertiary/aromatic N) is 3. The number of halogens is 1. The number of carbonyl (C=O) groups excluding carboxylic acids is 1. The minimum atomic E-state index is -0.149. The Kier molecular flexibility index (Phi) is 4.01. The summed E-state index contributed by atoms with van der Waals surface area (Å²) in [5.74, 6) is 0.0852. The van der Waals surface area contributed by atoms with Gasteiger partial charge in [-0.15, -0.1) is 11.3 Å². The molecule has 2 aromatic heterocycles. The van der Waals surface area contributed by atoms with Gasteiger partial charge >= 0.3 is 0 Å². The van der Waals surface area contributed by atoms with Gasteiger partial charge in [-0.05, 0) is 19.1 Å². The monoisotopic (exact) mass is 296 g/mol. The van der Waals surface area contributed by atoms with E-state index in [1.54, 1.807) is 17.5 Å². The van der Waals surface area contributed by atoms with Crippen LogP contribution in [-0.4, -0.2) is 27.8 Å². The minimum absolute atomic E-state index is 0.149. The molecule has 2 heterocycles. The smallest absolute Gasteiger partial charge is 0.254 e. The lowest BCUT2D eigenvalue weighted by Gasteiger charge is -2.16. The highest BCUT2D eigenvalue weighted by Gasteiger charge is 2.15. The van der Waals surface area contributed by atoms with Crippen molar-refractivity contribution in [1.82, 2.24) is 14.9 Å². The van der Waals surface area contributed by atoms with Gasteiger partial charge in [0.25, 0.3) is 5.91 Å². The standard InChI is InChI=1S/C12H13ClN4OS/c1-7-9(19-6-15-7)5-17(2)12(18)8-3-10(13)16-11(14)4-8/h3-4,6H,5H2,1-2H3,(H2,14,16). The van der Waals surface area contributed by atoms with E-state index in [4.69, 9.17) is 17.3 Å². The Bertz CT molecular complexity index is 593. The topological polar surface area (TPSA) is 72.1 Å². The molecule has 0 radical (unpaired) electrons. The van der Waals surface area contributed by atoms with Gasteiger partial charge in [0, 0.05) is 17.5 Å². The number of pyridine rings is 1. The van der Waals surface area contributed by atoms with Gasteiger partial charge in [-0.3, -0.25) is 4.79 Å². The molecule has 2 N–H and O–H groups in total. The van der Waals surface area contributed by atoms with E-state index in [0.717, 1.165) is 10.6 Å². The van der Waals surface area contributed by atoms with Crippen LogP contribution in [0.4, 0.5) is 5.82 Å². The van der Waals surface area contributed by atoms with E-state index in [2.05, 4.69) is 9.97 Å². The lowest BCUT2D eigenvalue weighted by atomic mass is 10.2. The zero-order valence-electron chi connectivity index (χ0n) is 10.6. The summed E-state index contributed by atoms with van der Waals surface area (Å²) in [5.41, 5.74) is 8.73. The molecular weight excluding hydrogens is 284 g/mol. The van der Waals surface area contributed by atoms with Crippen LogP contribution in [0.3, 0.4) is 0 Å². The van der Waals surface area contributed by atoms with E-state index in [0.29, 0.717) is 12.1 Å². The Morgan fingerprint density at radius 1 is 1.53 bits per heavy atom. The minimum Gasteiger partial charge on any atom is -0.384 e. The maximum Gasteiger partial charge on any atom is 0.254 e. The Hall–Kier alpha value is -1.66. The molecule has 0 aromatic carbocycles. The van der Waals surface area contributed by atoms with Crippen molar-refractivity contribution in [3.05, 3.63) is 38.9 Å². The lowest BCUT2D eigenvalue weighted by molar-refractivity contribution is 0.0786. The molecule has 1 amide bonds. The highest BCUT2D eigenvalue weighted by Crippen LogP contribution is 2.18. The number of amides is 1. The molecular formula is C12H13ClN4OS. The van der Waals surface area contributed by atoms with Crippen LogP contribution in [0.5, 0.6) is 0 Å². The summed E-state index contributed by atoms with van der Waals surface area (Å²) in [6.45, 7) is 2.43. The van der Waals surface area contributed by atoms with Gasteiger partial charge in [0.1, 0.15) is 11.0 Å². The fourth-order valence-electron chi connectivity index (χ4n) is 1.63. The number of anilines is 1. The quantitative estimate of drug-likeness (QED) is 0.883. The van der Waals surface area contributed by atoms with Crippen LogP contribution in [0.1, 0.15) is 20.9 Å². The van der Waals surface area contributed by atoms with Crippen LogP contribution < -0.4 is 5.73 Å². The third kappa shape index (κ3) is 3.21. The van der Waals surface area contributed by atoms with E-state index in [-0.39, 0.29) is 16.9 Å². The van der Waals surface area contributed by atoms with Crippen molar-refractivity contribution in [2.24, 2.45) is 0 Å². The number of hydrogen-bond donors (Lipinski definition) is 1. The molecule has 0 aliphatic heterocycles. The molecule has 0 aliphatic carbocycles. The van der Waals surface area contributed by atoms with Crippen molar-refractivity contribution in [2.45, 2.75) is 13.5 Å². The fraction of sp³-hybridized carbons (Fsp3) is 0.250. The zero-order chi connectivity index (χ0) is 14.0. The number of hydrogen-bond acceptors (Lipinski definition) is 5. The van der Waals surface area contributed by atoms with Crippen LogP contribution in [0, 0.1) is 6.92 Å². The first kappa shape index (κ1) is 13.8. The average Bonchev–Trinajstić information content (AvgIpc) is 2.72.